The fourth-order valence-electron chi connectivity index (χ4n) is 4.14. The third-order valence-electron chi connectivity index (χ3n) is 5.56. The average Bonchev–Trinajstić information content (AvgIpc) is 3.12. The maximum Gasteiger partial charge on any atom is 0.407 e. The molecule has 2 aromatic rings. The van der Waals surface area contributed by atoms with Crippen LogP contribution in [0.4, 0.5) is 20.7 Å². The minimum Gasteiger partial charge on any atom is -0.465 e. The van der Waals surface area contributed by atoms with E-state index in [9.17, 15) is 24.3 Å². The van der Waals surface area contributed by atoms with Crippen molar-refractivity contribution in [1.82, 2.24) is 14.7 Å². The highest BCUT2D eigenvalue weighted by molar-refractivity contribution is 5.98. The highest BCUT2D eigenvalue weighted by atomic mass is 19.1. The van der Waals surface area contributed by atoms with Crippen molar-refractivity contribution in [2.24, 2.45) is 17.1 Å². The van der Waals surface area contributed by atoms with Crippen molar-refractivity contribution in [1.29, 1.82) is 5.26 Å². The number of nitriles is 1. The van der Waals surface area contributed by atoms with E-state index in [0.29, 0.717) is 18.5 Å². The summed E-state index contributed by atoms with van der Waals surface area (Å²) >= 11 is 0. The van der Waals surface area contributed by atoms with Gasteiger partial charge in [0.25, 0.3) is 5.91 Å². The van der Waals surface area contributed by atoms with Crippen LogP contribution in [0.1, 0.15) is 50.0 Å². The van der Waals surface area contributed by atoms with Crippen LogP contribution >= 0.6 is 0 Å². The number of likely N-dealkylation sites (tertiary alicyclic amines) is 1. The largest absolute Gasteiger partial charge is 0.465 e. The molecule has 0 spiro atoms. The van der Waals surface area contributed by atoms with Crippen molar-refractivity contribution < 1.29 is 19.1 Å². The summed E-state index contributed by atoms with van der Waals surface area (Å²) in [5.74, 6) is -1.58. The molecule has 1 aromatic heterocycles. The number of anilines is 2. The number of hydrogen-bond acceptors (Lipinski definition) is 5. The number of aromatic nitrogens is 2. The summed E-state index contributed by atoms with van der Waals surface area (Å²) in [5.41, 5.74) is 5.97. The van der Waals surface area contributed by atoms with Gasteiger partial charge in [-0.05, 0) is 42.5 Å². The topological polar surface area (TPSA) is 137 Å². The number of piperidine rings is 1. The van der Waals surface area contributed by atoms with Gasteiger partial charge in [0.15, 0.2) is 5.82 Å². The lowest BCUT2D eigenvalue weighted by Gasteiger charge is -2.43. The van der Waals surface area contributed by atoms with Gasteiger partial charge in [0.05, 0.1) is 24.1 Å². The summed E-state index contributed by atoms with van der Waals surface area (Å²) in [6.07, 6.45) is 1.28. The Hall–Kier alpha value is -3.61. The van der Waals surface area contributed by atoms with Gasteiger partial charge in [0.2, 0.25) is 0 Å². The van der Waals surface area contributed by atoms with Crippen LogP contribution in [0.3, 0.4) is 0 Å². The van der Waals surface area contributed by atoms with E-state index in [1.54, 1.807) is 0 Å². The molecule has 3 atom stereocenters. The molecule has 0 aliphatic carbocycles. The Morgan fingerprint density at radius 1 is 1.34 bits per heavy atom. The molecule has 0 bridgehead atoms. The molecule has 170 valence electrons. The fourth-order valence-corrected chi connectivity index (χ4v) is 4.14. The summed E-state index contributed by atoms with van der Waals surface area (Å²) in [6.45, 7) is 6.23. The number of carbonyl (C=O) groups excluding carboxylic acids is 1. The first-order valence-electron chi connectivity index (χ1n) is 10.3. The molecule has 10 heteroatoms. The van der Waals surface area contributed by atoms with Crippen molar-refractivity contribution >= 4 is 23.5 Å². The van der Waals surface area contributed by atoms with E-state index in [2.05, 4.69) is 16.5 Å². The number of halogens is 1. The quantitative estimate of drug-likeness (QED) is 0.645. The van der Waals surface area contributed by atoms with Gasteiger partial charge in [0.1, 0.15) is 11.4 Å². The molecule has 2 heterocycles. The van der Waals surface area contributed by atoms with Gasteiger partial charge >= 0.3 is 6.09 Å². The minimum atomic E-state index is -1.06. The first kappa shape index (κ1) is 23.1. The highest BCUT2D eigenvalue weighted by Gasteiger charge is 2.43. The molecule has 1 saturated heterocycles. The highest BCUT2D eigenvalue weighted by Crippen LogP contribution is 2.39. The molecule has 1 unspecified atom stereocenters. The normalized spacial score (nSPS) is 21.1. The lowest BCUT2D eigenvalue weighted by Crippen LogP contribution is -2.52. The minimum absolute atomic E-state index is 0.124. The Kier molecular flexibility index (Phi) is 6.39. The third kappa shape index (κ3) is 4.99. The van der Waals surface area contributed by atoms with Gasteiger partial charge in [-0.2, -0.15) is 10.4 Å². The van der Waals surface area contributed by atoms with E-state index in [1.807, 2.05) is 20.8 Å². The van der Waals surface area contributed by atoms with Crippen LogP contribution in [0.5, 0.6) is 0 Å². The number of rotatable bonds is 5. The zero-order valence-corrected chi connectivity index (χ0v) is 18.2. The van der Waals surface area contributed by atoms with Crippen LogP contribution in [-0.4, -0.2) is 44.4 Å². The number of benzene rings is 1. The number of nitrogens with two attached hydrogens (primary N) is 1. The van der Waals surface area contributed by atoms with Gasteiger partial charge in [-0.15, -0.1) is 0 Å². The van der Waals surface area contributed by atoms with E-state index >= 15 is 0 Å². The number of carboxylic acid groups (broad SMARTS) is 1. The molecule has 1 aliphatic heterocycles. The average molecular weight is 442 g/mol. The molecule has 4 N–H and O–H groups in total. The van der Waals surface area contributed by atoms with E-state index in [-0.39, 0.29) is 23.3 Å². The zero-order chi connectivity index (χ0) is 23.6. The van der Waals surface area contributed by atoms with Crippen LogP contribution in [-0.2, 0) is 0 Å². The fraction of sp³-hybridized carbons (Fsp3) is 0.455. The predicted molar refractivity (Wildman–Crippen MR) is 116 cm³/mol. The molecule has 1 aromatic carbocycles. The van der Waals surface area contributed by atoms with Crippen molar-refractivity contribution in [3.8, 4) is 6.07 Å². The predicted octanol–water partition coefficient (Wildman–Crippen LogP) is 3.73. The summed E-state index contributed by atoms with van der Waals surface area (Å²) in [5, 5.41) is 27.1. The molecule has 3 rings (SSSR count). The second kappa shape index (κ2) is 8.86. The van der Waals surface area contributed by atoms with Gasteiger partial charge in [0, 0.05) is 18.4 Å². The first-order chi connectivity index (χ1) is 15.0. The van der Waals surface area contributed by atoms with E-state index in [0.717, 1.165) is 0 Å². The van der Waals surface area contributed by atoms with Crippen LogP contribution < -0.4 is 11.1 Å². The van der Waals surface area contributed by atoms with Crippen LogP contribution in [0.2, 0.25) is 0 Å². The van der Waals surface area contributed by atoms with Gasteiger partial charge in [-0.25, -0.2) is 9.18 Å². The zero-order valence-electron chi connectivity index (χ0n) is 18.2. The second-order valence-electron chi connectivity index (χ2n) is 9.19. The molecule has 1 fully saturated rings. The molecule has 1 aliphatic rings. The van der Waals surface area contributed by atoms with Crippen molar-refractivity contribution in [2.75, 3.05) is 11.9 Å². The Morgan fingerprint density at radius 3 is 2.53 bits per heavy atom. The standard InChI is InChI=1S/C22H27FN6O3/c1-22(2,3)10-18-15(11-24)17(8-9-28(18)21(31)32)29-12-16(19(25)30)20(27-29)26-14-6-4-13(23)5-7-14/h4-7,12,15,17-18H,8-10H2,1-3H3,(H2,25,30)(H,26,27)(H,31,32)/t15-,17+,18?/m1/s1. The second-order valence-corrected chi connectivity index (χ2v) is 9.19. The van der Waals surface area contributed by atoms with Crippen LogP contribution in [0, 0.1) is 28.5 Å². The van der Waals surface area contributed by atoms with Crippen molar-refractivity contribution in [2.45, 2.75) is 45.7 Å². The van der Waals surface area contributed by atoms with Crippen molar-refractivity contribution in [3.05, 3.63) is 41.8 Å². The van der Waals surface area contributed by atoms with E-state index in [1.165, 1.54) is 40.0 Å². The monoisotopic (exact) mass is 442 g/mol. The van der Waals surface area contributed by atoms with E-state index in [4.69, 9.17) is 5.73 Å². The lowest BCUT2D eigenvalue weighted by molar-refractivity contribution is 0.0481. The maximum atomic E-state index is 13.2. The summed E-state index contributed by atoms with van der Waals surface area (Å²) < 4.78 is 14.7. The van der Waals surface area contributed by atoms with Gasteiger partial charge < -0.3 is 21.1 Å². The van der Waals surface area contributed by atoms with E-state index < -0.39 is 35.8 Å². The van der Waals surface area contributed by atoms with Crippen LogP contribution in [0.15, 0.2) is 30.5 Å². The SMILES string of the molecule is CC(C)(C)CC1[C@H](C#N)[C@@H](n2cc(C(N)=O)c(Nc3ccc(F)cc3)n2)CCN1C(=O)O. The van der Waals surface area contributed by atoms with Gasteiger partial charge in [-0.1, -0.05) is 20.8 Å². The van der Waals surface area contributed by atoms with Gasteiger partial charge in [-0.3, -0.25) is 9.48 Å². The first-order valence-corrected chi connectivity index (χ1v) is 10.3. The molecule has 0 saturated carbocycles. The third-order valence-corrected chi connectivity index (χ3v) is 5.56. The number of hydrogen-bond donors (Lipinski definition) is 3. The lowest BCUT2D eigenvalue weighted by atomic mass is 9.77. The smallest absolute Gasteiger partial charge is 0.407 e. The Labute approximate surface area is 185 Å². The Bertz CT molecular complexity index is 1040. The summed E-state index contributed by atoms with van der Waals surface area (Å²) in [7, 11) is 0. The van der Waals surface area contributed by atoms with Crippen molar-refractivity contribution in [3.63, 3.8) is 0 Å². The van der Waals surface area contributed by atoms with Crippen LogP contribution in [0.25, 0.3) is 0 Å². The molecular formula is C22H27FN6O3. The molecular weight excluding hydrogens is 415 g/mol. The Morgan fingerprint density at radius 2 is 2.00 bits per heavy atom. The molecule has 9 nitrogen and oxygen atoms in total. The summed E-state index contributed by atoms with van der Waals surface area (Å²) in [6, 6.07) is 6.86. The summed E-state index contributed by atoms with van der Waals surface area (Å²) in [4.78, 5) is 25.2. The maximum absolute atomic E-state index is 13.2. The Balaban J connectivity index is 1.96. The number of carbonyl (C=O) groups is 2. The molecule has 2 amide bonds. The number of nitrogens with zero attached hydrogens (tertiary/aromatic N) is 4. The number of amides is 2. The number of nitrogens with one attached hydrogen (secondary N) is 1. The molecule has 32 heavy (non-hydrogen) atoms. The molecule has 0 radical (unpaired) electrons. The number of primary amides is 1.